The van der Waals surface area contributed by atoms with Crippen LogP contribution in [0.2, 0.25) is 0 Å². The molecule has 5 heteroatoms. The van der Waals surface area contributed by atoms with Gasteiger partial charge in [0, 0.05) is 12.0 Å². The molecule has 1 aromatic heterocycles. The van der Waals surface area contributed by atoms with Gasteiger partial charge in [-0.3, -0.25) is 4.79 Å². The highest BCUT2D eigenvalue weighted by atomic mass is 32.1. The number of thiazole rings is 1. The number of hydrogen-bond acceptors (Lipinski definition) is 4. The summed E-state index contributed by atoms with van der Waals surface area (Å²) in [5, 5.41) is 10.2. The molecule has 102 valence electrons. The lowest BCUT2D eigenvalue weighted by Gasteiger charge is -2.13. The van der Waals surface area contributed by atoms with Gasteiger partial charge >= 0.3 is 5.97 Å². The van der Waals surface area contributed by atoms with Crippen molar-refractivity contribution >= 4 is 27.5 Å². The summed E-state index contributed by atoms with van der Waals surface area (Å²) in [6.07, 6.45) is 0. The molecular formula is C14H18N2O2S. The molecule has 2 rings (SSSR count). The summed E-state index contributed by atoms with van der Waals surface area (Å²) >= 11 is 1.65. The second-order valence-electron chi connectivity index (χ2n) is 5.62. The number of nitrogens with zero attached hydrogens (tertiary/aromatic N) is 1. The zero-order valence-electron chi connectivity index (χ0n) is 11.3. The molecule has 0 aliphatic rings. The molecule has 0 radical (unpaired) electrons. The predicted molar refractivity (Wildman–Crippen MR) is 77.8 cm³/mol. The maximum absolute atomic E-state index is 11.1. The van der Waals surface area contributed by atoms with Crippen molar-refractivity contribution in [1.29, 1.82) is 0 Å². The van der Waals surface area contributed by atoms with E-state index in [0.717, 1.165) is 15.2 Å². The van der Waals surface area contributed by atoms with Crippen molar-refractivity contribution in [3.63, 3.8) is 0 Å². The third-order valence-corrected chi connectivity index (χ3v) is 4.45. The van der Waals surface area contributed by atoms with E-state index < -0.39 is 11.9 Å². The van der Waals surface area contributed by atoms with E-state index >= 15 is 0 Å². The van der Waals surface area contributed by atoms with Crippen LogP contribution in [-0.2, 0) is 10.2 Å². The van der Waals surface area contributed by atoms with Gasteiger partial charge in [-0.05, 0) is 17.7 Å². The molecule has 2 aromatic rings. The van der Waals surface area contributed by atoms with E-state index in [-0.39, 0.29) is 12.0 Å². The van der Waals surface area contributed by atoms with Gasteiger partial charge in [0.25, 0.3) is 0 Å². The SMILES string of the molecule is CC(C)(C)c1nc2cc(C(CN)C(=O)O)ccc2s1. The number of aliphatic carboxylic acids is 1. The molecular weight excluding hydrogens is 260 g/mol. The van der Waals surface area contributed by atoms with E-state index in [2.05, 4.69) is 25.8 Å². The Morgan fingerprint density at radius 3 is 2.68 bits per heavy atom. The van der Waals surface area contributed by atoms with Gasteiger partial charge in [0.15, 0.2) is 0 Å². The predicted octanol–water partition coefficient (Wildman–Crippen LogP) is 2.72. The first-order valence-electron chi connectivity index (χ1n) is 6.17. The maximum Gasteiger partial charge on any atom is 0.312 e. The highest BCUT2D eigenvalue weighted by molar-refractivity contribution is 7.18. The summed E-state index contributed by atoms with van der Waals surface area (Å²) in [4.78, 5) is 15.7. The number of nitrogens with two attached hydrogens (primary N) is 1. The standard InChI is InChI=1S/C14H18N2O2S/c1-14(2,3)13-16-10-6-8(4-5-11(10)19-13)9(7-15)12(17)18/h4-6,9H,7,15H2,1-3H3,(H,17,18). The molecule has 19 heavy (non-hydrogen) atoms. The molecule has 0 bridgehead atoms. The van der Waals surface area contributed by atoms with E-state index in [1.807, 2.05) is 18.2 Å². The minimum absolute atomic E-state index is 0.00389. The fraction of sp³-hybridized carbons (Fsp3) is 0.429. The molecule has 0 saturated carbocycles. The second kappa shape index (κ2) is 4.90. The van der Waals surface area contributed by atoms with Crippen LogP contribution in [0.1, 0.15) is 37.3 Å². The van der Waals surface area contributed by atoms with E-state index in [9.17, 15) is 4.79 Å². The summed E-state index contributed by atoms with van der Waals surface area (Å²) in [7, 11) is 0. The average Bonchev–Trinajstić information content (AvgIpc) is 2.72. The molecule has 1 unspecified atom stereocenters. The zero-order chi connectivity index (χ0) is 14.2. The third kappa shape index (κ3) is 2.77. The third-order valence-electron chi connectivity index (χ3n) is 2.99. The highest BCUT2D eigenvalue weighted by Crippen LogP contribution is 2.32. The Hall–Kier alpha value is -1.46. The van der Waals surface area contributed by atoms with Gasteiger partial charge in [0.05, 0.1) is 21.1 Å². The van der Waals surface area contributed by atoms with Crippen LogP contribution >= 0.6 is 11.3 Å². The smallest absolute Gasteiger partial charge is 0.312 e. The van der Waals surface area contributed by atoms with Crippen LogP contribution < -0.4 is 5.73 Å². The Morgan fingerprint density at radius 2 is 2.16 bits per heavy atom. The van der Waals surface area contributed by atoms with Crippen molar-refractivity contribution in [2.75, 3.05) is 6.54 Å². The lowest BCUT2D eigenvalue weighted by atomic mass is 9.98. The summed E-state index contributed by atoms with van der Waals surface area (Å²) < 4.78 is 1.08. The molecule has 0 aliphatic heterocycles. The normalized spacial score (nSPS) is 13.7. The van der Waals surface area contributed by atoms with Crippen LogP contribution in [0.4, 0.5) is 0 Å². The van der Waals surface area contributed by atoms with Crippen molar-refractivity contribution in [2.45, 2.75) is 32.1 Å². The fourth-order valence-corrected chi connectivity index (χ4v) is 2.87. The fourth-order valence-electron chi connectivity index (χ4n) is 1.86. The number of aromatic nitrogens is 1. The minimum atomic E-state index is -0.895. The van der Waals surface area contributed by atoms with Crippen molar-refractivity contribution in [3.8, 4) is 0 Å². The molecule has 0 spiro atoms. The number of fused-ring (bicyclic) bond motifs is 1. The molecule has 1 heterocycles. The van der Waals surface area contributed by atoms with Gasteiger partial charge < -0.3 is 10.8 Å². The summed E-state index contributed by atoms with van der Waals surface area (Å²) in [6.45, 7) is 6.44. The number of benzene rings is 1. The molecule has 1 atom stereocenters. The Labute approximate surface area is 116 Å². The van der Waals surface area contributed by atoms with Crippen LogP contribution in [0.15, 0.2) is 18.2 Å². The monoisotopic (exact) mass is 278 g/mol. The molecule has 0 amide bonds. The molecule has 1 aromatic carbocycles. The number of hydrogen-bond donors (Lipinski definition) is 2. The average molecular weight is 278 g/mol. The lowest BCUT2D eigenvalue weighted by molar-refractivity contribution is -0.138. The maximum atomic E-state index is 11.1. The van der Waals surface area contributed by atoms with Crippen LogP contribution in [-0.4, -0.2) is 22.6 Å². The molecule has 0 aliphatic carbocycles. The number of carboxylic acid groups (broad SMARTS) is 1. The Kier molecular flexibility index (Phi) is 3.60. The first-order valence-corrected chi connectivity index (χ1v) is 6.98. The van der Waals surface area contributed by atoms with E-state index in [0.29, 0.717) is 5.56 Å². The van der Waals surface area contributed by atoms with E-state index in [1.165, 1.54) is 0 Å². The van der Waals surface area contributed by atoms with Gasteiger partial charge in [-0.15, -0.1) is 11.3 Å². The Balaban J connectivity index is 2.49. The summed E-state index contributed by atoms with van der Waals surface area (Å²) in [5.41, 5.74) is 7.10. The van der Waals surface area contributed by atoms with Crippen molar-refractivity contribution in [1.82, 2.24) is 4.98 Å². The molecule has 0 fully saturated rings. The van der Waals surface area contributed by atoms with Crippen molar-refractivity contribution in [3.05, 3.63) is 28.8 Å². The van der Waals surface area contributed by atoms with Crippen LogP contribution in [0.5, 0.6) is 0 Å². The summed E-state index contributed by atoms with van der Waals surface area (Å²) in [6, 6.07) is 5.61. The Morgan fingerprint density at radius 1 is 1.47 bits per heavy atom. The highest BCUT2D eigenvalue weighted by Gasteiger charge is 2.21. The van der Waals surface area contributed by atoms with Gasteiger partial charge in [-0.25, -0.2) is 4.98 Å². The van der Waals surface area contributed by atoms with E-state index in [1.54, 1.807) is 11.3 Å². The Bertz CT molecular complexity index is 613. The van der Waals surface area contributed by atoms with Gasteiger partial charge in [0.2, 0.25) is 0 Å². The van der Waals surface area contributed by atoms with Gasteiger partial charge in [-0.1, -0.05) is 26.8 Å². The first kappa shape index (κ1) is 14.0. The second-order valence-corrected chi connectivity index (χ2v) is 6.65. The molecule has 4 nitrogen and oxygen atoms in total. The quantitative estimate of drug-likeness (QED) is 0.905. The first-order chi connectivity index (χ1) is 8.82. The summed E-state index contributed by atoms with van der Waals surface area (Å²) in [5.74, 6) is -1.56. The molecule has 3 N–H and O–H groups in total. The van der Waals surface area contributed by atoms with Crippen LogP contribution in [0.25, 0.3) is 10.2 Å². The number of carbonyl (C=O) groups is 1. The molecule has 0 saturated heterocycles. The zero-order valence-corrected chi connectivity index (χ0v) is 12.1. The topological polar surface area (TPSA) is 76.2 Å². The van der Waals surface area contributed by atoms with Crippen LogP contribution in [0.3, 0.4) is 0 Å². The van der Waals surface area contributed by atoms with Gasteiger partial charge in [-0.2, -0.15) is 0 Å². The van der Waals surface area contributed by atoms with Crippen molar-refractivity contribution in [2.24, 2.45) is 5.73 Å². The number of carboxylic acids is 1. The minimum Gasteiger partial charge on any atom is -0.481 e. The number of rotatable bonds is 3. The lowest BCUT2D eigenvalue weighted by Crippen LogP contribution is -2.20. The largest absolute Gasteiger partial charge is 0.481 e. The van der Waals surface area contributed by atoms with Crippen molar-refractivity contribution < 1.29 is 9.90 Å². The van der Waals surface area contributed by atoms with Crippen LogP contribution in [0, 0.1) is 0 Å². The van der Waals surface area contributed by atoms with Gasteiger partial charge in [0.1, 0.15) is 0 Å². The van der Waals surface area contributed by atoms with E-state index in [4.69, 9.17) is 10.8 Å².